The number of nitrogens with zero attached hydrogens (tertiary/aromatic N) is 5. The average Bonchev–Trinajstić information content (AvgIpc) is 2.82. The normalized spacial score (nSPS) is 21.1. The van der Waals surface area contributed by atoms with Crippen LogP contribution in [0.5, 0.6) is 0 Å². The summed E-state index contributed by atoms with van der Waals surface area (Å²) in [6.07, 6.45) is 2.29. The second-order valence-corrected chi connectivity index (χ2v) is 9.86. The predicted molar refractivity (Wildman–Crippen MR) is 143 cm³/mol. The Morgan fingerprint density at radius 3 is 2.18 bits per heavy atom. The van der Waals surface area contributed by atoms with Crippen LogP contribution in [0.15, 0.2) is 36.4 Å². The minimum Gasteiger partial charge on any atom is -0.368 e. The number of anilines is 4. The topological polar surface area (TPSA) is 59.6 Å². The maximum atomic E-state index is 5.47. The quantitative estimate of drug-likeness (QED) is 0.619. The Morgan fingerprint density at radius 1 is 0.939 bits per heavy atom. The second-order valence-electron chi connectivity index (χ2n) is 9.45. The van der Waals surface area contributed by atoms with Crippen molar-refractivity contribution in [3.8, 4) is 0 Å². The minimum absolute atomic E-state index is 0.576. The van der Waals surface area contributed by atoms with Crippen molar-refractivity contribution in [2.45, 2.75) is 33.6 Å². The SMILES string of the molecule is CCCNC(=S)Nc1nc(N2CCN(c3ccccc3)CC2)cc(N2C[C@@H](C)C[C@H](C)C2)n1. The number of nitrogens with one attached hydrogen (secondary N) is 2. The smallest absolute Gasteiger partial charge is 0.232 e. The van der Waals surface area contributed by atoms with Gasteiger partial charge in [0.05, 0.1) is 0 Å². The first-order valence-electron chi connectivity index (χ1n) is 12.3. The fraction of sp³-hybridized carbons (Fsp3) is 0.560. The number of thiocarbonyl (C=S) groups is 1. The molecule has 0 aliphatic carbocycles. The van der Waals surface area contributed by atoms with Gasteiger partial charge in [-0.25, -0.2) is 0 Å². The molecule has 33 heavy (non-hydrogen) atoms. The molecule has 0 amide bonds. The van der Waals surface area contributed by atoms with Gasteiger partial charge in [0.25, 0.3) is 0 Å². The molecule has 0 spiro atoms. The Bertz CT molecular complexity index is 904. The first-order valence-corrected chi connectivity index (χ1v) is 12.7. The molecule has 4 rings (SSSR count). The molecule has 2 aliphatic heterocycles. The maximum absolute atomic E-state index is 5.47. The van der Waals surface area contributed by atoms with E-state index in [2.05, 4.69) is 82.5 Å². The lowest BCUT2D eigenvalue weighted by atomic mass is 9.92. The van der Waals surface area contributed by atoms with Crippen LogP contribution in [-0.2, 0) is 0 Å². The van der Waals surface area contributed by atoms with E-state index < -0.39 is 0 Å². The van der Waals surface area contributed by atoms with Crippen LogP contribution in [0.3, 0.4) is 0 Å². The number of benzene rings is 1. The third-order valence-corrected chi connectivity index (χ3v) is 6.62. The fourth-order valence-electron chi connectivity index (χ4n) is 4.87. The molecule has 2 aliphatic rings. The molecule has 2 saturated heterocycles. The van der Waals surface area contributed by atoms with E-state index in [1.807, 2.05) is 0 Å². The van der Waals surface area contributed by atoms with E-state index in [1.54, 1.807) is 0 Å². The highest BCUT2D eigenvalue weighted by atomic mass is 32.1. The zero-order valence-corrected chi connectivity index (χ0v) is 20.9. The van der Waals surface area contributed by atoms with Crippen LogP contribution >= 0.6 is 12.2 Å². The van der Waals surface area contributed by atoms with E-state index in [4.69, 9.17) is 22.2 Å². The van der Waals surface area contributed by atoms with E-state index in [9.17, 15) is 0 Å². The van der Waals surface area contributed by atoms with Crippen molar-refractivity contribution < 1.29 is 0 Å². The van der Waals surface area contributed by atoms with Crippen LogP contribution in [0.2, 0.25) is 0 Å². The number of piperazine rings is 1. The summed E-state index contributed by atoms with van der Waals surface area (Å²) in [6.45, 7) is 13.5. The molecule has 0 saturated carbocycles. The monoisotopic (exact) mass is 467 g/mol. The second kappa shape index (κ2) is 11.0. The number of piperidine rings is 1. The molecule has 1 aromatic carbocycles. The average molecular weight is 468 g/mol. The Balaban J connectivity index is 1.53. The standard InChI is InChI=1S/C25H37N7S/c1-4-10-26-25(33)29-24-27-22(16-23(28-24)32-17-19(2)15-20(3)18-32)31-13-11-30(12-14-31)21-8-6-5-7-9-21/h5-9,16,19-20H,4,10-15,17-18H2,1-3H3,(H2,26,27,28,29,33)/t19-,20-/m0/s1. The van der Waals surface area contributed by atoms with E-state index in [-0.39, 0.29) is 0 Å². The number of hydrogen-bond acceptors (Lipinski definition) is 6. The number of para-hydroxylation sites is 1. The van der Waals surface area contributed by atoms with Crippen LogP contribution in [-0.4, -0.2) is 60.9 Å². The molecule has 2 N–H and O–H groups in total. The summed E-state index contributed by atoms with van der Waals surface area (Å²) in [4.78, 5) is 17.0. The van der Waals surface area contributed by atoms with Gasteiger partial charge < -0.3 is 25.3 Å². The zero-order chi connectivity index (χ0) is 23.2. The molecular formula is C25H37N7S. The van der Waals surface area contributed by atoms with Gasteiger partial charge in [-0.2, -0.15) is 9.97 Å². The summed E-state index contributed by atoms with van der Waals surface area (Å²) >= 11 is 5.47. The molecule has 0 unspecified atom stereocenters. The lowest BCUT2D eigenvalue weighted by molar-refractivity contribution is 0.355. The molecule has 7 nitrogen and oxygen atoms in total. The van der Waals surface area contributed by atoms with Crippen molar-refractivity contribution in [1.29, 1.82) is 0 Å². The Hall–Kier alpha value is -2.61. The van der Waals surface area contributed by atoms with Gasteiger partial charge in [-0.05, 0) is 49.0 Å². The van der Waals surface area contributed by atoms with Crippen molar-refractivity contribution in [2.24, 2.45) is 11.8 Å². The molecule has 3 heterocycles. The van der Waals surface area contributed by atoms with Gasteiger partial charge in [-0.15, -0.1) is 0 Å². The van der Waals surface area contributed by atoms with Gasteiger partial charge in [0.15, 0.2) is 5.11 Å². The summed E-state index contributed by atoms with van der Waals surface area (Å²) in [5.74, 6) is 3.85. The summed E-state index contributed by atoms with van der Waals surface area (Å²) in [7, 11) is 0. The maximum Gasteiger partial charge on any atom is 0.232 e. The number of aromatic nitrogens is 2. The summed E-state index contributed by atoms with van der Waals surface area (Å²) in [5.41, 5.74) is 1.28. The number of rotatable bonds is 6. The van der Waals surface area contributed by atoms with Gasteiger partial charge in [0.1, 0.15) is 11.6 Å². The Morgan fingerprint density at radius 2 is 1.55 bits per heavy atom. The summed E-state index contributed by atoms with van der Waals surface area (Å²) < 4.78 is 0. The number of hydrogen-bond donors (Lipinski definition) is 2. The van der Waals surface area contributed by atoms with E-state index in [1.165, 1.54) is 12.1 Å². The molecule has 0 radical (unpaired) electrons. The van der Waals surface area contributed by atoms with E-state index in [0.717, 1.165) is 63.9 Å². The molecule has 1 aromatic heterocycles. The third kappa shape index (κ3) is 6.25. The van der Waals surface area contributed by atoms with Crippen LogP contribution in [0.25, 0.3) is 0 Å². The summed E-state index contributed by atoms with van der Waals surface area (Å²) in [5, 5.41) is 7.03. The van der Waals surface area contributed by atoms with Gasteiger partial charge >= 0.3 is 0 Å². The van der Waals surface area contributed by atoms with Crippen LogP contribution in [0.4, 0.5) is 23.3 Å². The lowest BCUT2D eigenvalue weighted by Crippen LogP contribution is -2.47. The molecule has 2 fully saturated rings. The van der Waals surface area contributed by atoms with Crippen LogP contribution < -0.4 is 25.3 Å². The first-order chi connectivity index (χ1) is 16.0. The van der Waals surface area contributed by atoms with E-state index in [0.29, 0.717) is 22.9 Å². The minimum atomic E-state index is 0.576. The van der Waals surface area contributed by atoms with Gasteiger partial charge in [-0.1, -0.05) is 39.0 Å². The van der Waals surface area contributed by atoms with Crippen molar-refractivity contribution in [3.05, 3.63) is 36.4 Å². The van der Waals surface area contributed by atoms with Crippen molar-refractivity contribution in [1.82, 2.24) is 15.3 Å². The van der Waals surface area contributed by atoms with Crippen molar-refractivity contribution in [3.63, 3.8) is 0 Å². The lowest BCUT2D eigenvalue weighted by Gasteiger charge is -2.38. The Kier molecular flexibility index (Phi) is 7.85. The molecule has 178 valence electrons. The van der Waals surface area contributed by atoms with Gasteiger partial charge in [0, 0.05) is 57.6 Å². The molecule has 2 aromatic rings. The molecular weight excluding hydrogens is 430 g/mol. The van der Waals surface area contributed by atoms with Crippen molar-refractivity contribution in [2.75, 3.05) is 65.8 Å². The first kappa shape index (κ1) is 23.5. The van der Waals surface area contributed by atoms with Crippen LogP contribution in [0, 0.1) is 11.8 Å². The van der Waals surface area contributed by atoms with Gasteiger partial charge in [0.2, 0.25) is 5.95 Å². The Labute approximate surface area is 203 Å². The molecule has 2 atom stereocenters. The third-order valence-electron chi connectivity index (χ3n) is 6.38. The van der Waals surface area contributed by atoms with Gasteiger partial charge in [-0.3, -0.25) is 0 Å². The predicted octanol–water partition coefficient (Wildman–Crippen LogP) is 3.98. The molecule has 0 bridgehead atoms. The van der Waals surface area contributed by atoms with Crippen molar-refractivity contribution >= 4 is 40.6 Å². The highest BCUT2D eigenvalue weighted by Crippen LogP contribution is 2.29. The highest BCUT2D eigenvalue weighted by Gasteiger charge is 2.25. The largest absolute Gasteiger partial charge is 0.368 e. The summed E-state index contributed by atoms with van der Waals surface area (Å²) in [6, 6.07) is 12.8. The molecule has 8 heteroatoms. The highest BCUT2D eigenvalue weighted by molar-refractivity contribution is 7.80. The van der Waals surface area contributed by atoms with E-state index >= 15 is 0 Å². The fourth-order valence-corrected chi connectivity index (χ4v) is 5.06. The van der Waals surface area contributed by atoms with Crippen LogP contribution in [0.1, 0.15) is 33.6 Å². The zero-order valence-electron chi connectivity index (χ0n) is 20.1.